The molecule has 0 radical (unpaired) electrons. The van der Waals surface area contributed by atoms with Gasteiger partial charge in [0, 0.05) is 39.1 Å². The van der Waals surface area contributed by atoms with Crippen molar-refractivity contribution in [2.45, 2.75) is 39.3 Å². The first-order valence-corrected chi connectivity index (χ1v) is 15.6. The van der Waals surface area contributed by atoms with Crippen LogP contribution in [0.1, 0.15) is 39.8 Å². The molecule has 236 valence electrons. The van der Waals surface area contributed by atoms with Crippen LogP contribution in [0.15, 0.2) is 91.1 Å². The largest absolute Gasteiger partial charge is 0.485 e. The second-order valence-electron chi connectivity index (χ2n) is 10.7. The molecule has 10 heteroatoms. The van der Waals surface area contributed by atoms with Crippen molar-refractivity contribution in [2.24, 2.45) is 0 Å². The normalized spacial score (nSPS) is 11.5. The Morgan fingerprint density at radius 2 is 1.70 bits per heavy atom. The summed E-state index contributed by atoms with van der Waals surface area (Å²) in [5.74, 6) is 0.499. The van der Waals surface area contributed by atoms with E-state index in [1.807, 2.05) is 73.8 Å². The Bertz CT molecular complexity index is 1950. The first-order valence-electron chi connectivity index (χ1n) is 14.8. The third-order valence-corrected chi connectivity index (χ3v) is 8.11. The average molecular weight is 658 g/mol. The summed E-state index contributed by atoms with van der Waals surface area (Å²) in [7, 11) is 1.31. The van der Waals surface area contributed by atoms with Gasteiger partial charge in [-0.15, -0.1) is 0 Å². The lowest BCUT2D eigenvalue weighted by Gasteiger charge is -2.17. The number of benzene rings is 4. The molecule has 0 aliphatic heterocycles. The van der Waals surface area contributed by atoms with Crippen molar-refractivity contribution in [1.29, 1.82) is 0 Å². The predicted octanol–water partition coefficient (Wildman–Crippen LogP) is 8.00. The Balaban J connectivity index is 0.000000356. The predicted molar refractivity (Wildman–Crippen MR) is 183 cm³/mol. The number of para-hydroxylation sites is 3. The lowest BCUT2D eigenvalue weighted by atomic mass is 10.0. The van der Waals surface area contributed by atoms with Gasteiger partial charge in [0.1, 0.15) is 24.2 Å². The number of carbonyl (C=O) groups excluding carboxylic acids is 2. The van der Waals surface area contributed by atoms with Crippen LogP contribution in [0.4, 0.5) is 0 Å². The van der Waals surface area contributed by atoms with Gasteiger partial charge in [0.15, 0.2) is 0 Å². The van der Waals surface area contributed by atoms with Gasteiger partial charge in [0.05, 0.1) is 18.1 Å². The van der Waals surface area contributed by atoms with Gasteiger partial charge in [-0.1, -0.05) is 66.5 Å². The Hall–Kier alpha value is -4.79. The molecule has 6 rings (SSSR count). The van der Waals surface area contributed by atoms with Gasteiger partial charge >= 0.3 is 5.97 Å². The minimum absolute atomic E-state index is 0.274. The maximum absolute atomic E-state index is 13.0. The number of hydrogen-bond acceptors (Lipinski definition) is 5. The van der Waals surface area contributed by atoms with Gasteiger partial charge in [0.25, 0.3) is 5.91 Å². The van der Waals surface area contributed by atoms with E-state index < -0.39 is 12.0 Å². The number of halogens is 2. The van der Waals surface area contributed by atoms with E-state index in [9.17, 15) is 9.59 Å². The van der Waals surface area contributed by atoms with Crippen molar-refractivity contribution in [2.75, 3.05) is 7.11 Å². The van der Waals surface area contributed by atoms with Crippen molar-refractivity contribution in [3.63, 3.8) is 0 Å². The molecular weight excluding hydrogens is 623 g/mol. The zero-order chi connectivity index (χ0) is 32.6. The maximum atomic E-state index is 13.0. The van der Waals surface area contributed by atoms with Crippen LogP contribution in [0, 0.1) is 6.92 Å². The fourth-order valence-corrected chi connectivity index (χ4v) is 5.62. The molecule has 0 saturated carbocycles. The number of nitrogens with one attached hydrogen (secondary N) is 3. The SMILES string of the molecule is CCc1ccc(Cl)cc1Cl.COC(=O)C(Cc1c[nH]c2ccccc12)NC(=O)c1ccc(OCc2nc3ccccc3[nH]2)c(C)c1. The average Bonchev–Trinajstić information content (AvgIpc) is 3.67. The van der Waals surface area contributed by atoms with Gasteiger partial charge in [-0.25, -0.2) is 9.78 Å². The quantitative estimate of drug-likeness (QED) is 0.137. The van der Waals surface area contributed by atoms with Crippen molar-refractivity contribution < 1.29 is 19.1 Å². The van der Waals surface area contributed by atoms with Crippen molar-refractivity contribution in [3.05, 3.63) is 129 Å². The summed E-state index contributed by atoms with van der Waals surface area (Å²) in [5, 5.41) is 5.28. The molecule has 1 amide bonds. The molecular formula is C36H34Cl2N4O4. The minimum atomic E-state index is -0.828. The number of imidazole rings is 1. The number of esters is 1. The Labute approximate surface area is 277 Å². The van der Waals surface area contributed by atoms with E-state index in [0.717, 1.165) is 55.9 Å². The van der Waals surface area contributed by atoms with Crippen LogP contribution >= 0.6 is 23.2 Å². The standard InChI is InChI=1S/C28H26N4O4.C8H8Cl2/c1-17-13-18(11-12-25(17)36-16-26-30-22-9-5-6-10-23(22)31-26)27(33)32-24(28(34)35-2)14-19-15-29-21-8-4-3-7-20(19)21;1-2-6-3-4-7(9)5-8(6)10/h3-13,15,24,29H,14,16H2,1-2H3,(H,30,31)(H,32,33);3-5H,2H2,1H3. The first-order chi connectivity index (χ1) is 22.2. The van der Waals surface area contributed by atoms with Crippen LogP contribution in [-0.2, 0) is 29.0 Å². The summed E-state index contributed by atoms with van der Waals surface area (Å²) in [6.45, 7) is 4.21. The molecule has 4 aromatic carbocycles. The third-order valence-electron chi connectivity index (χ3n) is 7.53. The van der Waals surface area contributed by atoms with E-state index in [4.69, 9.17) is 32.7 Å². The lowest BCUT2D eigenvalue weighted by molar-refractivity contribution is -0.142. The number of hydrogen-bond donors (Lipinski definition) is 3. The number of aromatic nitrogens is 3. The van der Waals surface area contributed by atoms with E-state index in [-0.39, 0.29) is 12.5 Å². The van der Waals surface area contributed by atoms with Crippen LogP contribution in [0.2, 0.25) is 10.0 Å². The summed E-state index contributed by atoms with van der Waals surface area (Å²) >= 11 is 11.5. The Morgan fingerprint density at radius 1 is 0.935 bits per heavy atom. The van der Waals surface area contributed by atoms with Crippen molar-refractivity contribution in [3.8, 4) is 5.75 Å². The molecule has 8 nitrogen and oxygen atoms in total. The van der Waals surface area contributed by atoms with Crippen LogP contribution in [0.5, 0.6) is 5.75 Å². The molecule has 2 aromatic heterocycles. The van der Waals surface area contributed by atoms with Gasteiger partial charge in [-0.05, 0) is 78.6 Å². The van der Waals surface area contributed by atoms with E-state index >= 15 is 0 Å². The highest BCUT2D eigenvalue weighted by Crippen LogP contribution is 2.23. The molecule has 0 saturated heterocycles. The van der Waals surface area contributed by atoms with Crippen LogP contribution < -0.4 is 10.1 Å². The Morgan fingerprint density at radius 3 is 2.41 bits per heavy atom. The van der Waals surface area contributed by atoms with Crippen molar-refractivity contribution >= 4 is 57.0 Å². The number of fused-ring (bicyclic) bond motifs is 2. The number of ether oxygens (including phenoxy) is 2. The zero-order valence-electron chi connectivity index (χ0n) is 25.7. The van der Waals surface area contributed by atoms with Crippen LogP contribution in [0.3, 0.4) is 0 Å². The monoisotopic (exact) mass is 656 g/mol. The smallest absolute Gasteiger partial charge is 0.328 e. The van der Waals surface area contributed by atoms with E-state index in [1.54, 1.807) is 24.3 Å². The molecule has 2 heterocycles. The minimum Gasteiger partial charge on any atom is -0.485 e. The third kappa shape index (κ3) is 7.88. The number of nitrogens with zero attached hydrogens (tertiary/aromatic N) is 1. The summed E-state index contributed by atoms with van der Waals surface area (Å²) in [6, 6.07) is 25.5. The molecule has 1 atom stereocenters. The molecule has 3 N–H and O–H groups in total. The van der Waals surface area contributed by atoms with Gasteiger partial charge in [-0.3, -0.25) is 4.79 Å². The topological polar surface area (TPSA) is 109 Å². The number of rotatable bonds is 9. The maximum Gasteiger partial charge on any atom is 0.328 e. The highest BCUT2D eigenvalue weighted by Gasteiger charge is 2.24. The number of amides is 1. The highest BCUT2D eigenvalue weighted by atomic mass is 35.5. The molecule has 0 spiro atoms. The number of H-pyrrole nitrogens is 2. The highest BCUT2D eigenvalue weighted by molar-refractivity contribution is 6.35. The molecule has 0 aliphatic carbocycles. The van der Waals surface area contributed by atoms with Gasteiger partial charge in [-0.2, -0.15) is 0 Å². The second kappa shape index (κ2) is 15.0. The second-order valence-corrected chi connectivity index (χ2v) is 11.5. The van der Waals surface area contributed by atoms with Gasteiger partial charge < -0.3 is 24.8 Å². The molecule has 0 bridgehead atoms. The summed E-state index contributed by atoms with van der Waals surface area (Å²) < 4.78 is 10.9. The fourth-order valence-electron chi connectivity index (χ4n) is 5.08. The number of aromatic amines is 2. The van der Waals surface area contributed by atoms with Gasteiger partial charge in [0.2, 0.25) is 0 Å². The molecule has 46 heavy (non-hydrogen) atoms. The number of aryl methyl sites for hydroxylation is 2. The Kier molecular flexibility index (Phi) is 10.6. The van der Waals surface area contributed by atoms with Crippen LogP contribution in [0.25, 0.3) is 21.9 Å². The molecule has 0 aliphatic rings. The van der Waals surface area contributed by atoms with Crippen LogP contribution in [-0.4, -0.2) is 40.0 Å². The molecule has 0 fully saturated rings. The molecule has 1 unspecified atom stereocenters. The number of methoxy groups -OCH3 is 1. The summed E-state index contributed by atoms with van der Waals surface area (Å²) in [6.07, 6.45) is 3.11. The summed E-state index contributed by atoms with van der Waals surface area (Å²) in [4.78, 5) is 36.4. The lowest BCUT2D eigenvalue weighted by Crippen LogP contribution is -2.43. The van der Waals surface area contributed by atoms with E-state index in [1.165, 1.54) is 7.11 Å². The zero-order valence-corrected chi connectivity index (χ0v) is 27.2. The van der Waals surface area contributed by atoms with Crippen molar-refractivity contribution in [1.82, 2.24) is 20.3 Å². The first kappa shape index (κ1) is 32.6. The molecule has 6 aromatic rings. The van der Waals surface area contributed by atoms with E-state index in [2.05, 4.69) is 27.2 Å². The van der Waals surface area contributed by atoms with E-state index in [0.29, 0.717) is 22.8 Å². The summed E-state index contributed by atoms with van der Waals surface area (Å²) in [5.41, 5.74) is 6.09. The fraction of sp³-hybridized carbons (Fsp3) is 0.194. The number of carbonyl (C=O) groups is 2.